The second-order valence-electron chi connectivity index (χ2n) is 5.28. The summed E-state index contributed by atoms with van der Waals surface area (Å²) in [6.45, 7) is 4.20. The van der Waals surface area contributed by atoms with E-state index in [4.69, 9.17) is 4.74 Å². The Morgan fingerprint density at radius 3 is 2.47 bits per heavy atom. The first-order chi connectivity index (χ1) is 8.10. The maximum absolute atomic E-state index is 11.3. The van der Waals surface area contributed by atoms with Crippen molar-refractivity contribution in [3.63, 3.8) is 0 Å². The zero-order valence-electron chi connectivity index (χ0n) is 11.2. The molecule has 0 aromatic rings. The molecule has 3 nitrogen and oxygen atoms in total. The third-order valence-corrected chi connectivity index (χ3v) is 3.69. The number of carbonyl (C=O) groups is 1. The summed E-state index contributed by atoms with van der Waals surface area (Å²) < 4.78 is 5.84. The van der Waals surface area contributed by atoms with Crippen molar-refractivity contribution in [3.05, 3.63) is 0 Å². The molecule has 1 aliphatic rings. The van der Waals surface area contributed by atoms with E-state index in [0.29, 0.717) is 12.8 Å². The summed E-state index contributed by atoms with van der Waals surface area (Å²) in [4.78, 5) is 11.3. The number of unbranched alkanes of at least 4 members (excludes halogenated alkanes) is 3. The van der Waals surface area contributed by atoms with Crippen LogP contribution in [0.1, 0.15) is 71.6 Å². The lowest BCUT2D eigenvalue weighted by molar-refractivity contribution is -0.172. The molecule has 0 aromatic heterocycles. The van der Waals surface area contributed by atoms with Crippen LogP contribution in [0, 0.1) is 0 Å². The highest BCUT2D eigenvalue weighted by atomic mass is 16.5. The van der Waals surface area contributed by atoms with Gasteiger partial charge >= 0.3 is 5.97 Å². The van der Waals surface area contributed by atoms with Gasteiger partial charge in [0.2, 0.25) is 0 Å². The van der Waals surface area contributed by atoms with Gasteiger partial charge in [-0.25, -0.2) is 4.79 Å². The van der Waals surface area contributed by atoms with Gasteiger partial charge in [-0.2, -0.15) is 0 Å². The quantitative estimate of drug-likeness (QED) is 0.659. The molecule has 0 heterocycles. The SMILES string of the molecule is CCCCCCC(C)OC1(C(=O)O)CCCC1. The van der Waals surface area contributed by atoms with Crippen LogP contribution >= 0.6 is 0 Å². The topological polar surface area (TPSA) is 46.5 Å². The van der Waals surface area contributed by atoms with E-state index in [1.165, 1.54) is 19.3 Å². The molecule has 0 aliphatic heterocycles. The van der Waals surface area contributed by atoms with Gasteiger partial charge in [-0.15, -0.1) is 0 Å². The van der Waals surface area contributed by atoms with Crippen LogP contribution in [0.5, 0.6) is 0 Å². The van der Waals surface area contributed by atoms with Gasteiger partial charge in [0.05, 0.1) is 6.10 Å². The van der Waals surface area contributed by atoms with Gasteiger partial charge in [-0.3, -0.25) is 0 Å². The van der Waals surface area contributed by atoms with Crippen molar-refractivity contribution in [2.75, 3.05) is 0 Å². The minimum absolute atomic E-state index is 0.0704. The fourth-order valence-corrected chi connectivity index (χ4v) is 2.63. The third-order valence-electron chi connectivity index (χ3n) is 3.69. The minimum Gasteiger partial charge on any atom is -0.479 e. The zero-order chi connectivity index (χ0) is 12.7. The predicted molar refractivity (Wildman–Crippen MR) is 68.1 cm³/mol. The molecular weight excluding hydrogens is 216 g/mol. The van der Waals surface area contributed by atoms with Crippen LogP contribution in [0.4, 0.5) is 0 Å². The summed E-state index contributed by atoms with van der Waals surface area (Å²) >= 11 is 0. The molecule has 17 heavy (non-hydrogen) atoms. The highest BCUT2D eigenvalue weighted by Crippen LogP contribution is 2.35. The fourth-order valence-electron chi connectivity index (χ4n) is 2.63. The molecule has 1 fully saturated rings. The predicted octanol–water partition coefficient (Wildman–Crippen LogP) is 3.76. The van der Waals surface area contributed by atoms with Gasteiger partial charge in [-0.1, -0.05) is 32.6 Å². The van der Waals surface area contributed by atoms with E-state index in [-0.39, 0.29) is 6.10 Å². The van der Waals surface area contributed by atoms with Crippen LogP contribution in [0.25, 0.3) is 0 Å². The molecular formula is C14H26O3. The summed E-state index contributed by atoms with van der Waals surface area (Å²) in [5, 5.41) is 9.30. The van der Waals surface area contributed by atoms with Crippen LogP contribution in [0.3, 0.4) is 0 Å². The third kappa shape index (κ3) is 4.30. The lowest BCUT2D eigenvalue weighted by atomic mass is 10.0. The smallest absolute Gasteiger partial charge is 0.335 e. The monoisotopic (exact) mass is 242 g/mol. The zero-order valence-corrected chi connectivity index (χ0v) is 11.2. The number of hydrogen-bond acceptors (Lipinski definition) is 2. The first-order valence-electron chi connectivity index (χ1n) is 7.02. The molecule has 1 N–H and O–H groups in total. The van der Waals surface area contributed by atoms with Gasteiger partial charge in [0, 0.05) is 0 Å². The molecule has 1 atom stereocenters. The summed E-state index contributed by atoms with van der Waals surface area (Å²) in [6, 6.07) is 0. The Bertz CT molecular complexity index is 232. The summed E-state index contributed by atoms with van der Waals surface area (Å²) in [6.07, 6.45) is 9.24. The molecule has 1 rings (SSSR count). The largest absolute Gasteiger partial charge is 0.479 e. The Morgan fingerprint density at radius 2 is 1.94 bits per heavy atom. The second-order valence-corrected chi connectivity index (χ2v) is 5.28. The molecule has 1 aliphatic carbocycles. The lowest BCUT2D eigenvalue weighted by Crippen LogP contribution is -2.41. The molecule has 3 heteroatoms. The standard InChI is InChI=1S/C14H26O3/c1-3-4-5-6-9-12(2)17-14(13(15)16)10-7-8-11-14/h12H,3-11H2,1-2H3,(H,15,16). The Hall–Kier alpha value is -0.570. The fraction of sp³-hybridized carbons (Fsp3) is 0.929. The number of hydrogen-bond donors (Lipinski definition) is 1. The van der Waals surface area contributed by atoms with Gasteiger partial charge in [0.25, 0.3) is 0 Å². The summed E-state index contributed by atoms with van der Waals surface area (Å²) in [5.74, 6) is -0.768. The van der Waals surface area contributed by atoms with Crippen molar-refractivity contribution in [2.24, 2.45) is 0 Å². The van der Waals surface area contributed by atoms with Crippen LogP contribution in [-0.2, 0) is 9.53 Å². The average molecular weight is 242 g/mol. The van der Waals surface area contributed by atoms with E-state index in [1.54, 1.807) is 0 Å². The number of ether oxygens (including phenoxy) is 1. The molecule has 0 saturated heterocycles. The average Bonchev–Trinajstić information content (AvgIpc) is 2.74. The number of aliphatic carboxylic acids is 1. The molecule has 0 bridgehead atoms. The molecule has 1 unspecified atom stereocenters. The van der Waals surface area contributed by atoms with E-state index in [2.05, 4.69) is 6.92 Å². The first-order valence-corrected chi connectivity index (χ1v) is 7.02. The normalized spacial score (nSPS) is 20.4. The van der Waals surface area contributed by atoms with Crippen molar-refractivity contribution in [3.8, 4) is 0 Å². The first kappa shape index (κ1) is 14.5. The molecule has 0 amide bonds. The van der Waals surface area contributed by atoms with Crippen molar-refractivity contribution >= 4 is 5.97 Å². The lowest BCUT2D eigenvalue weighted by Gasteiger charge is -2.28. The Labute approximate surface area is 105 Å². The second kappa shape index (κ2) is 7.00. The Kier molecular flexibility index (Phi) is 5.96. The van der Waals surface area contributed by atoms with Gasteiger partial charge < -0.3 is 9.84 Å². The van der Waals surface area contributed by atoms with E-state index < -0.39 is 11.6 Å². The van der Waals surface area contributed by atoms with Crippen molar-refractivity contribution in [1.82, 2.24) is 0 Å². The van der Waals surface area contributed by atoms with Gasteiger partial charge in [0.1, 0.15) is 0 Å². The molecule has 100 valence electrons. The molecule has 0 radical (unpaired) electrons. The van der Waals surface area contributed by atoms with Crippen molar-refractivity contribution in [2.45, 2.75) is 83.3 Å². The van der Waals surface area contributed by atoms with E-state index in [9.17, 15) is 9.90 Å². The summed E-state index contributed by atoms with van der Waals surface area (Å²) in [7, 11) is 0. The maximum Gasteiger partial charge on any atom is 0.335 e. The van der Waals surface area contributed by atoms with E-state index in [0.717, 1.165) is 25.7 Å². The van der Waals surface area contributed by atoms with Crippen molar-refractivity contribution < 1.29 is 14.6 Å². The van der Waals surface area contributed by atoms with Crippen molar-refractivity contribution in [1.29, 1.82) is 0 Å². The summed E-state index contributed by atoms with van der Waals surface area (Å²) in [5.41, 5.74) is -0.871. The highest BCUT2D eigenvalue weighted by Gasteiger charge is 2.43. The van der Waals surface area contributed by atoms with Gasteiger partial charge in [0.15, 0.2) is 5.60 Å². The number of rotatable bonds is 8. The number of carboxylic acid groups (broad SMARTS) is 1. The molecule has 1 saturated carbocycles. The van der Waals surface area contributed by atoms with Crippen LogP contribution in [0.2, 0.25) is 0 Å². The maximum atomic E-state index is 11.3. The van der Waals surface area contributed by atoms with Crippen LogP contribution < -0.4 is 0 Å². The molecule has 0 spiro atoms. The highest BCUT2D eigenvalue weighted by molar-refractivity contribution is 5.77. The van der Waals surface area contributed by atoms with E-state index >= 15 is 0 Å². The minimum atomic E-state index is -0.871. The van der Waals surface area contributed by atoms with Crippen LogP contribution in [-0.4, -0.2) is 22.8 Å². The van der Waals surface area contributed by atoms with Crippen LogP contribution in [0.15, 0.2) is 0 Å². The molecule has 0 aromatic carbocycles. The van der Waals surface area contributed by atoms with E-state index in [1.807, 2.05) is 6.92 Å². The Balaban J connectivity index is 2.32. The number of carboxylic acids is 1. The Morgan fingerprint density at radius 1 is 1.29 bits per heavy atom. The van der Waals surface area contributed by atoms with Gasteiger partial charge in [-0.05, 0) is 39.0 Å².